The van der Waals surface area contributed by atoms with Crippen LogP contribution in [0.25, 0.3) is 0 Å². The first kappa shape index (κ1) is 17.1. The predicted molar refractivity (Wildman–Crippen MR) is 98.2 cm³/mol. The zero-order chi connectivity index (χ0) is 18.0. The molecule has 0 atom stereocenters. The van der Waals surface area contributed by atoms with Crippen molar-refractivity contribution >= 4 is 11.7 Å². The third-order valence-corrected chi connectivity index (χ3v) is 4.56. The second kappa shape index (κ2) is 7.05. The summed E-state index contributed by atoms with van der Waals surface area (Å²) < 4.78 is 5.16. The van der Waals surface area contributed by atoms with Crippen molar-refractivity contribution < 1.29 is 14.6 Å². The topological polar surface area (TPSA) is 61.8 Å². The van der Waals surface area contributed by atoms with Crippen LogP contribution in [0.2, 0.25) is 0 Å². The highest BCUT2D eigenvalue weighted by atomic mass is 16.5. The van der Waals surface area contributed by atoms with Gasteiger partial charge in [0.15, 0.2) is 11.5 Å². The molecule has 132 valence electrons. The number of nitrogens with one attached hydrogen (secondary N) is 1. The van der Waals surface area contributed by atoms with E-state index in [1.165, 1.54) is 7.11 Å². The highest BCUT2D eigenvalue weighted by Crippen LogP contribution is 2.32. The Labute approximate surface area is 148 Å². The number of rotatable bonds is 5. The number of hydrogen-bond donors (Lipinski definition) is 2. The molecule has 25 heavy (non-hydrogen) atoms. The molecule has 3 rings (SSSR count). The minimum absolute atomic E-state index is 0.0908. The van der Waals surface area contributed by atoms with Crippen molar-refractivity contribution in [3.8, 4) is 11.5 Å². The lowest BCUT2D eigenvalue weighted by atomic mass is 10.1. The Morgan fingerprint density at radius 1 is 1.24 bits per heavy atom. The van der Waals surface area contributed by atoms with E-state index in [9.17, 15) is 9.90 Å². The Balaban J connectivity index is 1.78. The van der Waals surface area contributed by atoms with Crippen LogP contribution in [0.5, 0.6) is 11.5 Å². The van der Waals surface area contributed by atoms with Gasteiger partial charge in [-0.25, -0.2) is 4.79 Å². The second-order valence-electron chi connectivity index (χ2n) is 6.56. The van der Waals surface area contributed by atoms with Gasteiger partial charge in [0.05, 0.1) is 7.11 Å². The molecular weight excluding hydrogens is 316 g/mol. The number of hydrogen-bond acceptors (Lipinski definition) is 3. The number of benzene rings is 2. The summed E-state index contributed by atoms with van der Waals surface area (Å²) in [6.45, 7) is 4.47. The van der Waals surface area contributed by atoms with Crippen LogP contribution in [-0.2, 0) is 6.54 Å². The van der Waals surface area contributed by atoms with Crippen LogP contribution < -0.4 is 10.1 Å². The van der Waals surface area contributed by atoms with E-state index in [1.807, 2.05) is 43.0 Å². The maximum Gasteiger partial charge on any atom is 0.322 e. The first-order valence-corrected chi connectivity index (χ1v) is 8.49. The Morgan fingerprint density at radius 3 is 2.52 bits per heavy atom. The van der Waals surface area contributed by atoms with Gasteiger partial charge in [0.2, 0.25) is 0 Å². The van der Waals surface area contributed by atoms with E-state index in [2.05, 4.69) is 5.32 Å². The van der Waals surface area contributed by atoms with Crippen molar-refractivity contribution in [2.45, 2.75) is 39.3 Å². The maximum absolute atomic E-state index is 12.9. The molecule has 0 radical (unpaired) electrons. The van der Waals surface area contributed by atoms with Crippen LogP contribution in [-0.4, -0.2) is 29.2 Å². The average Bonchev–Trinajstić information content (AvgIpc) is 3.42. The zero-order valence-corrected chi connectivity index (χ0v) is 14.9. The lowest BCUT2D eigenvalue weighted by molar-refractivity contribution is 0.206. The van der Waals surface area contributed by atoms with Gasteiger partial charge >= 0.3 is 6.03 Å². The lowest BCUT2D eigenvalue weighted by Gasteiger charge is -2.24. The number of phenols is 1. The summed E-state index contributed by atoms with van der Waals surface area (Å²) in [7, 11) is 1.52. The summed E-state index contributed by atoms with van der Waals surface area (Å²) in [5.74, 6) is 0.521. The Kier molecular flexibility index (Phi) is 4.83. The number of carbonyl (C=O) groups excluding carboxylic acids is 1. The number of amides is 2. The number of urea groups is 1. The SMILES string of the molecule is COc1cc(CN(C(=O)Nc2c(C)cccc2C)C2CC2)ccc1O. The number of aromatic hydroxyl groups is 1. The number of aryl methyl sites for hydroxylation is 2. The Hall–Kier alpha value is -2.69. The molecule has 5 nitrogen and oxygen atoms in total. The van der Waals surface area contributed by atoms with Crippen LogP contribution in [0.1, 0.15) is 29.5 Å². The molecule has 1 aliphatic rings. The molecule has 2 aromatic carbocycles. The van der Waals surface area contributed by atoms with E-state index in [0.717, 1.165) is 35.2 Å². The summed E-state index contributed by atoms with van der Waals surface area (Å²) in [6, 6.07) is 11.3. The van der Waals surface area contributed by atoms with Crippen LogP contribution >= 0.6 is 0 Å². The van der Waals surface area contributed by atoms with E-state index in [1.54, 1.807) is 12.1 Å². The van der Waals surface area contributed by atoms with Gasteiger partial charge in [-0.1, -0.05) is 24.3 Å². The molecule has 5 heteroatoms. The molecular formula is C20H24N2O3. The van der Waals surface area contributed by atoms with Crippen LogP contribution in [0, 0.1) is 13.8 Å². The predicted octanol–water partition coefficient (Wildman–Crippen LogP) is 4.21. The first-order chi connectivity index (χ1) is 12.0. The van der Waals surface area contributed by atoms with E-state index in [4.69, 9.17) is 4.74 Å². The monoisotopic (exact) mass is 340 g/mol. The zero-order valence-electron chi connectivity index (χ0n) is 14.9. The lowest BCUT2D eigenvalue weighted by Crippen LogP contribution is -2.36. The molecule has 0 saturated heterocycles. The molecule has 1 saturated carbocycles. The molecule has 0 bridgehead atoms. The fourth-order valence-electron chi connectivity index (χ4n) is 2.96. The van der Waals surface area contributed by atoms with Gasteiger partial charge in [-0.3, -0.25) is 0 Å². The van der Waals surface area contributed by atoms with Gasteiger partial charge in [-0.05, 0) is 55.5 Å². The van der Waals surface area contributed by atoms with Gasteiger partial charge in [-0.15, -0.1) is 0 Å². The molecule has 0 spiro atoms. The number of phenolic OH excluding ortho intramolecular Hbond substituents is 1. The molecule has 0 aromatic heterocycles. The maximum atomic E-state index is 12.9. The van der Waals surface area contributed by atoms with Crippen molar-refractivity contribution in [3.63, 3.8) is 0 Å². The van der Waals surface area contributed by atoms with Crippen LogP contribution in [0.15, 0.2) is 36.4 Å². The van der Waals surface area contributed by atoms with Crippen molar-refractivity contribution in [2.24, 2.45) is 0 Å². The summed E-state index contributed by atoms with van der Waals surface area (Å²) in [5, 5.41) is 12.8. The first-order valence-electron chi connectivity index (χ1n) is 8.49. The standard InChI is InChI=1S/C20H24N2O3/c1-13-5-4-6-14(2)19(13)21-20(24)22(16-8-9-16)12-15-7-10-17(23)18(11-15)25-3/h4-7,10-11,16,23H,8-9,12H2,1-3H3,(H,21,24). The van der Waals surface area contributed by atoms with Gasteiger partial charge in [0.25, 0.3) is 0 Å². The van der Waals surface area contributed by atoms with Crippen molar-refractivity contribution in [1.82, 2.24) is 4.90 Å². The van der Waals surface area contributed by atoms with Gasteiger partial charge in [0, 0.05) is 18.3 Å². The molecule has 0 unspecified atom stereocenters. The van der Waals surface area contributed by atoms with Crippen molar-refractivity contribution in [3.05, 3.63) is 53.1 Å². The largest absolute Gasteiger partial charge is 0.504 e. The molecule has 2 amide bonds. The van der Waals surface area contributed by atoms with Gasteiger partial charge < -0.3 is 20.1 Å². The Morgan fingerprint density at radius 2 is 1.92 bits per heavy atom. The van der Waals surface area contributed by atoms with E-state index in [0.29, 0.717) is 12.3 Å². The fourth-order valence-corrected chi connectivity index (χ4v) is 2.96. The number of ether oxygens (including phenoxy) is 1. The Bertz CT molecular complexity index is 764. The second-order valence-corrected chi connectivity index (χ2v) is 6.56. The fraction of sp³-hybridized carbons (Fsp3) is 0.350. The normalized spacial score (nSPS) is 13.4. The highest BCUT2D eigenvalue weighted by molar-refractivity contribution is 5.91. The molecule has 0 heterocycles. The number of anilines is 1. The number of nitrogens with zero attached hydrogens (tertiary/aromatic N) is 1. The van der Waals surface area contributed by atoms with Crippen molar-refractivity contribution in [2.75, 3.05) is 12.4 Å². The third-order valence-electron chi connectivity index (χ3n) is 4.56. The molecule has 1 fully saturated rings. The summed E-state index contributed by atoms with van der Waals surface area (Å²) in [6.07, 6.45) is 2.05. The van der Waals surface area contributed by atoms with E-state index >= 15 is 0 Å². The summed E-state index contributed by atoms with van der Waals surface area (Å²) in [4.78, 5) is 14.7. The van der Waals surface area contributed by atoms with Crippen LogP contribution in [0.3, 0.4) is 0 Å². The highest BCUT2D eigenvalue weighted by Gasteiger charge is 2.33. The summed E-state index contributed by atoms with van der Waals surface area (Å²) >= 11 is 0. The number of carbonyl (C=O) groups is 1. The van der Waals surface area contributed by atoms with Gasteiger partial charge in [0.1, 0.15) is 0 Å². The minimum atomic E-state index is -0.0908. The number of methoxy groups -OCH3 is 1. The average molecular weight is 340 g/mol. The summed E-state index contributed by atoms with van der Waals surface area (Å²) in [5.41, 5.74) is 3.91. The molecule has 0 aliphatic heterocycles. The minimum Gasteiger partial charge on any atom is -0.504 e. The van der Waals surface area contributed by atoms with Crippen LogP contribution in [0.4, 0.5) is 10.5 Å². The van der Waals surface area contributed by atoms with E-state index < -0.39 is 0 Å². The molecule has 2 aromatic rings. The molecule has 1 aliphatic carbocycles. The van der Waals surface area contributed by atoms with Crippen molar-refractivity contribution in [1.29, 1.82) is 0 Å². The molecule has 2 N–H and O–H groups in total. The van der Waals surface area contributed by atoms with E-state index in [-0.39, 0.29) is 17.8 Å². The quantitative estimate of drug-likeness (QED) is 0.857. The number of para-hydroxylation sites is 1. The smallest absolute Gasteiger partial charge is 0.322 e. The third kappa shape index (κ3) is 3.87. The van der Waals surface area contributed by atoms with Gasteiger partial charge in [-0.2, -0.15) is 0 Å².